The third kappa shape index (κ3) is 2.76. The molecule has 0 aromatic rings. The summed E-state index contributed by atoms with van der Waals surface area (Å²) in [6.07, 6.45) is 2.85. The number of carbonyl (C=O) groups is 2. The predicted octanol–water partition coefficient (Wildman–Crippen LogP) is 0.881. The number of carbonyl (C=O) groups excluding carboxylic acids is 2. The molecular formula is C14H24N2O3. The van der Waals surface area contributed by atoms with Crippen LogP contribution in [0.4, 0.5) is 0 Å². The number of rotatable bonds is 4. The zero-order chi connectivity index (χ0) is 14.0. The zero-order valence-electron chi connectivity index (χ0n) is 12.1. The van der Waals surface area contributed by atoms with Crippen LogP contribution in [0, 0.1) is 5.92 Å². The van der Waals surface area contributed by atoms with E-state index in [9.17, 15) is 9.59 Å². The molecule has 0 bridgehead atoms. The topological polar surface area (TPSA) is 49.9 Å². The molecule has 2 saturated heterocycles. The predicted molar refractivity (Wildman–Crippen MR) is 71.6 cm³/mol. The van der Waals surface area contributed by atoms with Crippen molar-refractivity contribution in [2.45, 2.75) is 45.2 Å². The second-order valence-electron chi connectivity index (χ2n) is 5.83. The maximum absolute atomic E-state index is 12.6. The molecule has 5 nitrogen and oxygen atoms in total. The summed E-state index contributed by atoms with van der Waals surface area (Å²) in [5.74, 6) is 0.480. The van der Waals surface area contributed by atoms with E-state index < -0.39 is 0 Å². The van der Waals surface area contributed by atoms with Gasteiger partial charge in [0, 0.05) is 13.7 Å². The van der Waals surface area contributed by atoms with Gasteiger partial charge in [-0.15, -0.1) is 0 Å². The Morgan fingerprint density at radius 2 is 2.05 bits per heavy atom. The second-order valence-corrected chi connectivity index (χ2v) is 5.83. The first kappa shape index (κ1) is 14.3. The minimum absolute atomic E-state index is 0.00877. The molecule has 2 aliphatic rings. The number of hydrogen-bond donors (Lipinski definition) is 0. The number of fused-ring (bicyclic) bond motifs is 1. The molecule has 2 rings (SSSR count). The van der Waals surface area contributed by atoms with Gasteiger partial charge < -0.3 is 14.5 Å². The van der Waals surface area contributed by atoms with Gasteiger partial charge in [0.05, 0.1) is 12.6 Å². The highest BCUT2D eigenvalue weighted by atomic mass is 16.5. The molecule has 108 valence electrons. The van der Waals surface area contributed by atoms with E-state index in [0.29, 0.717) is 6.61 Å². The summed E-state index contributed by atoms with van der Waals surface area (Å²) < 4.78 is 5.22. The fourth-order valence-electron chi connectivity index (χ4n) is 3.09. The highest BCUT2D eigenvalue weighted by Gasteiger charge is 2.43. The van der Waals surface area contributed by atoms with E-state index in [1.807, 2.05) is 0 Å². The quantitative estimate of drug-likeness (QED) is 0.760. The van der Waals surface area contributed by atoms with E-state index in [0.717, 1.165) is 25.8 Å². The SMILES string of the molecule is COCC(C(C)C)N1CC(=O)N2CCCCC2C1=O. The molecule has 0 saturated carbocycles. The standard InChI is InChI=1S/C14H24N2O3/c1-10(2)12(9-19-3)16-8-13(17)15-7-5-4-6-11(15)14(16)18/h10-12H,4-9H2,1-3H3. The summed E-state index contributed by atoms with van der Waals surface area (Å²) in [5, 5.41) is 0. The van der Waals surface area contributed by atoms with E-state index in [2.05, 4.69) is 13.8 Å². The van der Waals surface area contributed by atoms with E-state index in [-0.39, 0.29) is 36.4 Å². The Hall–Kier alpha value is -1.10. The van der Waals surface area contributed by atoms with Crippen LogP contribution in [0.15, 0.2) is 0 Å². The van der Waals surface area contributed by atoms with Crippen molar-refractivity contribution in [3.8, 4) is 0 Å². The van der Waals surface area contributed by atoms with Crippen molar-refractivity contribution in [1.82, 2.24) is 9.80 Å². The van der Waals surface area contributed by atoms with Crippen molar-refractivity contribution in [3.05, 3.63) is 0 Å². The van der Waals surface area contributed by atoms with Gasteiger partial charge in [0.15, 0.2) is 0 Å². The summed E-state index contributed by atoms with van der Waals surface area (Å²) in [5.41, 5.74) is 0. The first-order valence-corrected chi connectivity index (χ1v) is 7.15. The number of piperidine rings is 1. The highest BCUT2D eigenvalue weighted by molar-refractivity contribution is 5.95. The molecule has 5 heteroatoms. The van der Waals surface area contributed by atoms with E-state index >= 15 is 0 Å². The smallest absolute Gasteiger partial charge is 0.246 e. The highest BCUT2D eigenvalue weighted by Crippen LogP contribution is 2.26. The third-order valence-electron chi connectivity index (χ3n) is 4.20. The molecule has 2 amide bonds. The van der Waals surface area contributed by atoms with Crippen LogP contribution >= 0.6 is 0 Å². The monoisotopic (exact) mass is 268 g/mol. The lowest BCUT2D eigenvalue weighted by molar-refractivity contribution is -0.162. The Balaban J connectivity index is 2.17. The number of amides is 2. The van der Waals surface area contributed by atoms with Crippen LogP contribution < -0.4 is 0 Å². The number of hydrogen-bond acceptors (Lipinski definition) is 3. The molecule has 2 aliphatic heterocycles. The lowest BCUT2D eigenvalue weighted by atomic mass is 9.95. The molecule has 0 aromatic carbocycles. The van der Waals surface area contributed by atoms with Crippen LogP contribution in [-0.4, -0.2) is 60.5 Å². The lowest BCUT2D eigenvalue weighted by Gasteiger charge is -2.46. The number of ether oxygens (including phenoxy) is 1. The molecule has 2 heterocycles. The molecule has 19 heavy (non-hydrogen) atoms. The lowest BCUT2D eigenvalue weighted by Crippen LogP contribution is -2.64. The first-order chi connectivity index (χ1) is 9.06. The fraction of sp³-hybridized carbons (Fsp3) is 0.857. The first-order valence-electron chi connectivity index (χ1n) is 7.15. The van der Waals surface area contributed by atoms with E-state index in [1.54, 1.807) is 16.9 Å². The summed E-state index contributed by atoms with van der Waals surface area (Å²) in [6, 6.07) is -0.237. The number of methoxy groups -OCH3 is 1. The Bertz CT molecular complexity index is 357. The van der Waals surface area contributed by atoms with Gasteiger partial charge in [-0.2, -0.15) is 0 Å². The van der Waals surface area contributed by atoms with Gasteiger partial charge in [0.1, 0.15) is 12.6 Å². The largest absolute Gasteiger partial charge is 0.383 e. The van der Waals surface area contributed by atoms with Gasteiger partial charge in [0.25, 0.3) is 0 Å². The molecule has 0 aromatic heterocycles. The summed E-state index contributed by atoms with van der Waals surface area (Å²) in [4.78, 5) is 28.3. The van der Waals surface area contributed by atoms with Crippen LogP contribution in [0.3, 0.4) is 0 Å². The maximum Gasteiger partial charge on any atom is 0.246 e. The normalized spacial score (nSPS) is 25.8. The van der Waals surface area contributed by atoms with Crippen molar-refractivity contribution in [2.75, 3.05) is 26.8 Å². The minimum Gasteiger partial charge on any atom is -0.383 e. The zero-order valence-corrected chi connectivity index (χ0v) is 12.1. The van der Waals surface area contributed by atoms with Crippen LogP contribution in [0.1, 0.15) is 33.1 Å². The van der Waals surface area contributed by atoms with Gasteiger partial charge in [-0.25, -0.2) is 0 Å². The van der Waals surface area contributed by atoms with Gasteiger partial charge in [0.2, 0.25) is 11.8 Å². The Morgan fingerprint density at radius 3 is 2.68 bits per heavy atom. The summed E-state index contributed by atoms with van der Waals surface area (Å²) >= 11 is 0. The molecule has 0 spiro atoms. The van der Waals surface area contributed by atoms with Gasteiger partial charge >= 0.3 is 0 Å². The fourth-order valence-corrected chi connectivity index (χ4v) is 3.09. The van der Waals surface area contributed by atoms with E-state index in [4.69, 9.17) is 4.74 Å². The van der Waals surface area contributed by atoms with Crippen LogP contribution in [0.25, 0.3) is 0 Å². The Kier molecular flexibility index (Phi) is 4.45. The average Bonchev–Trinajstić information content (AvgIpc) is 2.40. The van der Waals surface area contributed by atoms with Crippen molar-refractivity contribution in [1.29, 1.82) is 0 Å². The molecule has 0 aliphatic carbocycles. The Morgan fingerprint density at radius 1 is 1.32 bits per heavy atom. The Labute approximate surface area is 114 Å². The van der Waals surface area contributed by atoms with Gasteiger partial charge in [-0.1, -0.05) is 13.8 Å². The molecule has 0 N–H and O–H groups in total. The summed E-state index contributed by atoms with van der Waals surface area (Å²) in [6.45, 7) is 5.56. The van der Waals surface area contributed by atoms with Crippen molar-refractivity contribution in [3.63, 3.8) is 0 Å². The van der Waals surface area contributed by atoms with Gasteiger partial charge in [-0.05, 0) is 25.2 Å². The second kappa shape index (κ2) is 5.90. The average molecular weight is 268 g/mol. The minimum atomic E-state index is -0.229. The molecule has 0 radical (unpaired) electrons. The molecule has 2 unspecified atom stereocenters. The number of piperazine rings is 1. The van der Waals surface area contributed by atoms with Crippen molar-refractivity contribution in [2.24, 2.45) is 5.92 Å². The van der Waals surface area contributed by atoms with Crippen molar-refractivity contribution >= 4 is 11.8 Å². The third-order valence-corrected chi connectivity index (χ3v) is 4.20. The number of nitrogens with zero attached hydrogens (tertiary/aromatic N) is 2. The molecule has 2 atom stereocenters. The van der Waals surface area contributed by atoms with Crippen LogP contribution in [0.5, 0.6) is 0 Å². The van der Waals surface area contributed by atoms with Crippen molar-refractivity contribution < 1.29 is 14.3 Å². The molecular weight excluding hydrogens is 244 g/mol. The van der Waals surface area contributed by atoms with E-state index in [1.165, 1.54) is 0 Å². The van der Waals surface area contributed by atoms with Crippen LogP contribution in [-0.2, 0) is 14.3 Å². The molecule has 2 fully saturated rings. The summed E-state index contributed by atoms with van der Waals surface area (Å²) in [7, 11) is 1.64. The van der Waals surface area contributed by atoms with Crippen LogP contribution in [0.2, 0.25) is 0 Å². The van der Waals surface area contributed by atoms with Gasteiger partial charge in [-0.3, -0.25) is 9.59 Å². The maximum atomic E-state index is 12.6.